The molecule has 0 saturated heterocycles. The molecule has 0 N–H and O–H groups in total. The van der Waals surface area contributed by atoms with Crippen LogP contribution in [0.1, 0.15) is 32.8 Å². The van der Waals surface area contributed by atoms with Crippen LogP contribution in [-0.4, -0.2) is 15.0 Å². The van der Waals surface area contributed by atoms with Crippen molar-refractivity contribution in [2.24, 2.45) is 0 Å². The third-order valence-corrected chi connectivity index (χ3v) is 3.03. The molecule has 15 heavy (non-hydrogen) atoms. The highest BCUT2D eigenvalue weighted by Crippen LogP contribution is 2.30. The largest absolute Gasteiger partial charge is 0.244 e. The van der Waals surface area contributed by atoms with Gasteiger partial charge in [0.2, 0.25) is 0 Å². The number of nitrogens with zero attached hydrogens (tertiary/aromatic N) is 3. The molecule has 0 amide bonds. The smallest absolute Gasteiger partial charge is 0.162 e. The van der Waals surface area contributed by atoms with Crippen LogP contribution in [0.4, 0.5) is 0 Å². The molecule has 0 bridgehead atoms. The van der Waals surface area contributed by atoms with E-state index in [4.69, 9.17) is 0 Å². The Bertz CT molecular complexity index is 472. The molecule has 0 aliphatic rings. The van der Waals surface area contributed by atoms with E-state index in [0.717, 1.165) is 17.5 Å². The topological polar surface area (TPSA) is 38.7 Å². The van der Waals surface area contributed by atoms with E-state index in [-0.39, 0.29) is 5.41 Å². The monoisotopic (exact) mass is 201 g/mol. The molecule has 2 aromatic heterocycles. The summed E-state index contributed by atoms with van der Waals surface area (Å²) in [4.78, 5) is 12.5. The number of rotatable bonds is 2. The normalized spacial score (nSPS) is 11.9. The van der Waals surface area contributed by atoms with E-state index < -0.39 is 0 Å². The van der Waals surface area contributed by atoms with E-state index in [0.29, 0.717) is 0 Å². The van der Waals surface area contributed by atoms with Crippen LogP contribution >= 0.6 is 0 Å². The molecule has 0 aliphatic heterocycles. The van der Waals surface area contributed by atoms with Crippen molar-refractivity contribution in [3.8, 4) is 0 Å². The van der Waals surface area contributed by atoms with Crippen molar-refractivity contribution in [2.45, 2.75) is 32.6 Å². The van der Waals surface area contributed by atoms with Crippen molar-refractivity contribution < 1.29 is 0 Å². The Morgan fingerprint density at radius 2 is 2.07 bits per heavy atom. The van der Waals surface area contributed by atoms with Crippen LogP contribution in [0.3, 0.4) is 0 Å². The first-order valence-electron chi connectivity index (χ1n) is 5.20. The van der Waals surface area contributed by atoms with Gasteiger partial charge in [-0.1, -0.05) is 20.8 Å². The van der Waals surface area contributed by atoms with E-state index in [2.05, 4.69) is 41.8 Å². The first kappa shape index (κ1) is 10.0. The molecule has 78 valence electrons. The fourth-order valence-electron chi connectivity index (χ4n) is 1.67. The number of pyridine rings is 1. The van der Waals surface area contributed by atoms with Crippen molar-refractivity contribution in [3.63, 3.8) is 0 Å². The summed E-state index contributed by atoms with van der Waals surface area (Å²) in [6, 6.07) is 2.06. The lowest BCUT2D eigenvalue weighted by Gasteiger charge is -2.24. The van der Waals surface area contributed by atoms with Crippen LogP contribution in [0, 0.1) is 0 Å². The predicted octanol–water partition coefficient (Wildman–Crippen LogP) is 2.71. The van der Waals surface area contributed by atoms with Gasteiger partial charge in [0.15, 0.2) is 5.65 Å². The summed E-state index contributed by atoms with van der Waals surface area (Å²) < 4.78 is 0. The second-order valence-electron chi connectivity index (χ2n) is 4.36. The van der Waals surface area contributed by atoms with Gasteiger partial charge < -0.3 is 0 Å². The van der Waals surface area contributed by atoms with Gasteiger partial charge in [0.25, 0.3) is 0 Å². The van der Waals surface area contributed by atoms with Gasteiger partial charge in [-0.2, -0.15) is 0 Å². The van der Waals surface area contributed by atoms with Gasteiger partial charge in [0, 0.05) is 17.8 Å². The van der Waals surface area contributed by atoms with Crippen LogP contribution in [-0.2, 0) is 5.41 Å². The number of hydrogen-bond acceptors (Lipinski definition) is 3. The van der Waals surface area contributed by atoms with Gasteiger partial charge >= 0.3 is 0 Å². The third kappa shape index (κ3) is 1.69. The molecule has 0 aromatic carbocycles. The average molecular weight is 201 g/mol. The molecule has 2 heterocycles. The minimum atomic E-state index is 0.145. The van der Waals surface area contributed by atoms with Crippen LogP contribution < -0.4 is 0 Å². The van der Waals surface area contributed by atoms with Crippen molar-refractivity contribution in [1.29, 1.82) is 0 Å². The van der Waals surface area contributed by atoms with Gasteiger partial charge in [-0.3, -0.25) is 0 Å². The number of fused-ring (bicyclic) bond motifs is 1. The highest BCUT2D eigenvalue weighted by molar-refractivity contribution is 5.78. The minimum absolute atomic E-state index is 0.145. The Labute approximate surface area is 89.6 Å². The molecule has 0 aliphatic carbocycles. The van der Waals surface area contributed by atoms with Crippen LogP contribution in [0.25, 0.3) is 11.0 Å². The van der Waals surface area contributed by atoms with Gasteiger partial charge in [0.1, 0.15) is 6.33 Å². The molecule has 2 rings (SSSR count). The van der Waals surface area contributed by atoms with E-state index in [1.165, 1.54) is 11.9 Å². The zero-order valence-corrected chi connectivity index (χ0v) is 9.36. The molecule has 0 spiro atoms. The molecular weight excluding hydrogens is 186 g/mol. The lowest BCUT2D eigenvalue weighted by molar-refractivity contribution is 0.510. The minimum Gasteiger partial charge on any atom is -0.244 e. The van der Waals surface area contributed by atoms with Crippen molar-refractivity contribution >= 4 is 11.0 Å². The summed E-state index contributed by atoms with van der Waals surface area (Å²) in [6.45, 7) is 6.65. The number of aromatic nitrogens is 3. The SMILES string of the molecule is CCC(C)(C)c1ccnc2ncncc12. The standard InChI is InChI=1S/C12H15N3/c1-4-12(2,3)10-5-6-14-11-9(10)7-13-8-15-11/h5-8H,4H2,1-3H3. The summed E-state index contributed by atoms with van der Waals surface area (Å²) in [7, 11) is 0. The summed E-state index contributed by atoms with van der Waals surface area (Å²) in [5.41, 5.74) is 2.20. The van der Waals surface area contributed by atoms with Crippen molar-refractivity contribution in [2.75, 3.05) is 0 Å². The van der Waals surface area contributed by atoms with E-state index in [1.54, 1.807) is 0 Å². The van der Waals surface area contributed by atoms with Gasteiger partial charge in [-0.25, -0.2) is 15.0 Å². The molecule has 0 saturated carbocycles. The maximum atomic E-state index is 4.24. The van der Waals surface area contributed by atoms with Crippen LogP contribution in [0.5, 0.6) is 0 Å². The lowest BCUT2D eigenvalue weighted by atomic mass is 9.81. The van der Waals surface area contributed by atoms with Crippen LogP contribution in [0.15, 0.2) is 24.8 Å². The van der Waals surface area contributed by atoms with Crippen molar-refractivity contribution in [1.82, 2.24) is 15.0 Å². The molecule has 0 unspecified atom stereocenters. The van der Waals surface area contributed by atoms with E-state index in [1.807, 2.05) is 12.4 Å². The van der Waals surface area contributed by atoms with Crippen molar-refractivity contribution in [3.05, 3.63) is 30.4 Å². The fraction of sp³-hybridized carbons (Fsp3) is 0.417. The van der Waals surface area contributed by atoms with E-state index in [9.17, 15) is 0 Å². The Balaban J connectivity index is 2.71. The summed E-state index contributed by atoms with van der Waals surface area (Å²) in [5.74, 6) is 0. The summed E-state index contributed by atoms with van der Waals surface area (Å²) in [6.07, 6.45) is 6.29. The first-order valence-corrected chi connectivity index (χ1v) is 5.20. The van der Waals surface area contributed by atoms with Gasteiger partial charge in [-0.15, -0.1) is 0 Å². The fourth-order valence-corrected chi connectivity index (χ4v) is 1.67. The Morgan fingerprint density at radius 3 is 2.80 bits per heavy atom. The molecule has 0 atom stereocenters. The zero-order valence-electron chi connectivity index (χ0n) is 9.36. The Kier molecular flexibility index (Phi) is 2.39. The average Bonchev–Trinajstić information content (AvgIpc) is 2.28. The second-order valence-corrected chi connectivity index (χ2v) is 4.36. The Morgan fingerprint density at radius 1 is 1.27 bits per heavy atom. The van der Waals surface area contributed by atoms with Gasteiger partial charge in [-0.05, 0) is 23.5 Å². The highest BCUT2D eigenvalue weighted by Gasteiger charge is 2.20. The van der Waals surface area contributed by atoms with Crippen LogP contribution in [0.2, 0.25) is 0 Å². The quantitative estimate of drug-likeness (QED) is 0.749. The molecule has 2 aromatic rings. The summed E-state index contributed by atoms with van der Waals surface area (Å²) in [5, 5.41) is 1.06. The highest BCUT2D eigenvalue weighted by atomic mass is 14.9. The van der Waals surface area contributed by atoms with Gasteiger partial charge in [0.05, 0.1) is 0 Å². The lowest BCUT2D eigenvalue weighted by Crippen LogP contribution is -2.16. The first-order chi connectivity index (χ1) is 7.15. The molecule has 3 heteroatoms. The molecule has 0 fully saturated rings. The molecule has 3 nitrogen and oxygen atoms in total. The van der Waals surface area contributed by atoms with E-state index >= 15 is 0 Å². The zero-order chi connectivity index (χ0) is 10.9. The second kappa shape index (κ2) is 3.57. The third-order valence-electron chi connectivity index (χ3n) is 3.03. The Hall–Kier alpha value is -1.51. The molecule has 0 radical (unpaired) electrons. The molecular formula is C12H15N3. The predicted molar refractivity (Wildman–Crippen MR) is 60.7 cm³/mol. The maximum absolute atomic E-state index is 4.24. The number of hydrogen-bond donors (Lipinski definition) is 0. The maximum Gasteiger partial charge on any atom is 0.162 e. The summed E-state index contributed by atoms with van der Waals surface area (Å²) >= 11 is 0.